The highest BCUT2D eigenvalue weighted by atomic mass is 15.2. The molecule has 3 heteroatoms. The number of aromatic nitrogens is 2. The Morgan fingerprint density at radius 3 is 3.00 bits per heavy atom. The fourth-order valence-electron chi connectivity index (χ4n) is 1.56. The Labute approximate surface area is 79.2 Å². The van der Waals surface area contributed by atoms with Gasteiger partial charge in [-0.25, -0.2) is 4.98 Å². The Morgan fingerprint density at radius 1 is 1.62 bits per heavy atom. The van der Waals surface area contributed by atoms with E-state index in [1.165, 1.54) is 12.8 Å². The van der Waals surface area contributed by atoms with Gasteiger partial charge < -0.3 is 9.88 Å². The van der Waals surface area contributed by atoms with E-state index in [0.717, 1.165) is 30.6 Å². The van der Waals surface area contributed by atoms with Gasteiger partial charge in [-0.1, -0.05) is 0 Å². The van der Waals surface area contributed by atoms with Crippen LogP contribution in [-0.4, -0.2) is 16.1 Å². The molecule has 1 N–H and O–H groups in total. The van der Waals surface area contributed by atoms with Crippen LogP contribution in [0.15, 0.2) is 6.20 Å². The maximum atomic E-state index is 4.43. The average molecular weight is 179 g/mol. The SMILES string of the molecule is CCNc1nc(C)cn1CC1CC1. The monoisotopic (exact) mass is 179 g/mol. The van der Waals surface area contributed by atoms with Gasteiger partial charge in [0.25, 0.3) is 0 Å². The van der Waals surface area contributed by atoms with E-state index >= 15 is 0 Å². The zero-order chi connectivity index (χ0) is 9.26. The van der Waals surface area contributed by atoms with Crippen LogP contribution in [0, 0.1) is 12.8 Å². The molecule has 0 aromatic carbocycles. The highest BCUT2D eigenvalue weighted by Gasteiger charge is 2.22. The van der Waals surface area contributed by atoms with E-state index in [1.54, 1.807) is 0 Å². The van der Waals surface area contributed by atoms with Gasteiger partial charge in [0, 0.05) is 19.3 Å². The first-order valence-electron chi connectivity index (χ1n) is 5.07. The second kappa shape index (κ2) is 3.40. The van der Waals surface area contributed by atoms with Crippen molar-refractivity contribution in [2.75, 3.05) is 11.9 Å². The Balaban J connectivity index is 2.10. The number of aryl methyl sites for hydroxylation is 1. The molecule has 0 atom stereocenters. The first-order valence-corrected chi connectivity index (χ1v) is 5.07. The van der Waals surface area contributed by atoms with Crippen molar-refractivity contribution in [1.82, 2.24) is 9.55 Å². The topological polar surface area (TPSA) is 29.9 Å². The third kappa shape index (κ3) is 2.02. The van der Waals surface area contributed by atoms with Gasteiger partial charge in [-0.05, 0) is 32.6 Å². The third-order valence-electron chi connectivity index (χ3n) is 2.38. The number of rotatable bonds is 4. The van der Waals surface area contributed by atoms with E-state index < -0.39 is 0 Å². The van der Waals surface area contributed by atoms with Crippen LogP contribution in [-0.2, 0) is 6.54 Å². The lowest BCUT2D eigenvalue weighted by Gasteiger charge is -2.06. The summed E-state index contributed by atoms with van der Waals surface area (Å²) in [6, 6.07) is 0. The van der Waals surface area contributed by atoms with Gasteiger partial charge in [-0.3, -0.25) is 0 Å². The van der Waals surface area contributed by atoms with Gasteiger partial charge >= 0.3 is 0 Å². The molecule has 13 heavy (non-hydrogen) atoms. The molecule has 2 rings (SSSR count). The van der Waals surface area contributed by atoms with Crippen molar-refractivity contribution < 1.29 is 0 Å². The average Bonchev–Trinajstić information content (AvgIpc) is 2.80. The van der Waals surface area contributed by atoms with Crippen LogP contribution in [0.25, 0.3) is 0 Å². The predicted octanol–water partition coefficient (Wildman–Crippen LogP) is 2.03. The molecule has 1 fully saturated rings. The van der Waals surface area contributed by atoms with Gasteiger partial charge in [-0.2, -0.15) is 0 Å². The number of imidazole rings is 1. The highest BCUT2D eigenvalue weighted by Crippen LogP contribution is 2.31. The van der Waals surface area contributed by atoms with E-state index in [-0.39, 0.29) is 0 Å². The molecule has 0 radical (unpaired) electrons. The molecule has 0 bridgehead atoms. The van der Waals surface area contributed by atoms with Crippen LogP contribution in [0.4, 0.5) is 5.95 Å². The maximum Gasteiger partial charge on any atom is 0.203 e. The third-order valence-corrected chi connectivity index (χ3v) is 2.38. The Morgan fingerprint density at radius 2 is 2.38 bits per heavy atom. The molecule has 0 amide bonds. The summed E-state index contributed by atoms with van der Waals surface area (Å²) in [5, 5.41) is 3.28. The molecule has 1 heterocycles. The van der Waals surface area contributed by atoms with Crippen molar-refractivity contribution >= 4 is 5.95 Å². The normalized spacial score (nSPS) is 16.2. The molecule has 1 aromatic rings. The van der Waals surface area contributed by atoms with Crippen molar-refractivity contribution in [1.29, 1.82) is 0 Å². The summed E-state index contributed by atoms with van der Waals surface area (Å²) in [6.45, 7) is 6.24. The lowest BCUT2D eigenvalue weighted by molar-refractivity contribution is 0.631. The predicted molar refractivity (Wildman–Crippen MR) is 53.9 cm³/mol. The number of nitrogens with zero attached hydrogens (tertiary/aromatic N) is 2. The molecular weight excluding hydrogens is 162 g/mol. The minimum Gasteiger partial charge on any atom is -0.356 e. The molecule has 0 saturated heterocycles. The highest BCUT2D eigenvalue weighted by molar-refractivity contribution is 5.28. The summed E-state index contributed by atoms with van der Waals surface area (Å²) in [7, 11) is 0. The quantitative estimate of drug-likeness (QED) is 0.766. The minimum absolute atomic E-state index is 0.908. The van der Waals surface area contributed by atoms with Crippen LogP contribution < -0.4 is 5.32 Å². The van der Waals surface area contributed by atoms with Crippen molar-refractivity contribution in [2.45, 2.75) is 33.2 Å². The van der Waals surface area contributed by atoms with Crippen molar-refractivity contribution in [2.24, 2.45) is 5.92 Å². The van der Waals surface area contributed by atoms with E-state index in [1.807, 2.05) is 6.92 Å². The van der Waals surface area contributed by atoms with Crippen molar-refractivity contribution in [3.8, 4) is 0 Å². The number of hydrogen-bond acceptors (Lipinski definition) is 2. The fraction of sp³-hybridized carbons (Fsp3) is 0.700. The van der Waals surface area contributed by atoms with Crippen LogP contribution in [0.5, 0.6) is 0 Å². The molecule has 0 unspecified atom stereocenters. The molecule has 1 saturated carbocycles. The van der Waals surface area contributed by atoms with Crippen molar-refractivity contribution in [3.05, 3.63) is 11.9 Å². The minimum atomic E-state index is 0.908. The Kier molecular flexibility index (Phi) is 2.25. The number of hydrogen-bond donors (Lipinski definition) is 1. The molecule has 1 aliphatic rings. The zero-order valence-electron chi connectivity index (χ0n) is 8.38. The molecule has 1 aromatic heterocycles. The molecule has 1 aliphatic carbocycles. The van der Waals surface area contributed by atoms with E-state index in [4.69, 9.17) is 0 Å². The smallest absolute Gasteiger partial charge is 0.203 e. The first-order chi connectivity index (χ1) is 6.29. The summed E-state index contributed by atoms with van der Waals surface area (Å²) >= 11 is 0. The van der Waals surface area contributed by atoms with Gasteiger partial charge in [0.1, 0.15) is 0 Å². The summed E-state index contributed by atoms with van der Waals surface area (Å²) < 4.78 is 2.25. The molecular formula is C10H17N3. The molecule has 72 valence electrons. The van der Waals surface area contributed by atoms with Gasteiger partial charge in [0.15, 0.2) is 0 Å². The zero-order valence-corrected chi connectivity index (χ0v) is 8.38. The molecule has 0 spiro atoms. The van der Waals surface area contributed by atoms with Crippen molar-refractivity contribution in [3.63, 3.8) is 0 Å². The van der Waals surface area contributed by atoms with Gasteiger partial charge in [0.2, 0.25) is 5.95 Å². The second-order valence-corrected chi connectivity index (χ2v) is 3.83. The summed E-state index contributed by atoms with van der Waals surface area (Å²) in [4.78, 5) is 4.43. The largest absolute Gasteiger partial charge is 0.356 e. The van der Waals surface area contributed by atoms with Crippen LogP contribution in [0.1, 0.15) is 25.5 Å². The lowest BCUT2D eigenvalue weighted by Crippen LogP contribution is -2.07. The van der Waals surface area contributed by atoms with Crippen LogP contribution >= 0.6 is 0 Å². The van der Waals surface area contributed by atoms with Crippen LogP contribution in [0.3, 0.4) is 0 Å². The van der Waals surface area contributed by atoms with Crippen LogP contribution in [0.2, 0.25) is 0 Å². The van der Waals surface area contributed by atoms with Gasteiger partial charge in [-0.15, -0.1) is 0 Å². The fourth-order valence-corrected chi connectivity index (χ4v) is 1.56. The van der Waals surface area contributed by atoms with E-state index in [0.29, 0.717) is 0 Å². The standard InChI is InChI=1S/C10H17N3/c1-3-11-10-12-8(2)6-13(10)7-9-4-5-9/h6,9H,3-5,7H2,1-2H3,(H,11,12). The number of anilines is 1. The van der Waals surface area contributed by atoms with E-state index in [2.05, 4.69) is 28.0 Å². The molecule has 3 nitrogen and oxygen atoms in total. The Bertz CT molecular complexity index is 286. The lowest BCUT2D eigenvalue weighted by atomic mass is 10.4. The summed E-state index contributed by atoms with van der Waals surface area (Å²) in [5.41, 5.74) is 1.11. The Hall–Kier alpha value is -0.990. The summed E-state index contributed by atoms with van der Waals surface area (Å²) in [5.74, 6) is 1.94. The van der Waals surface area contributed by atoms with Gasteiger partial charge in [0.05, 0.1) is 5.69 Å². The molecule has 0 aliphatic heterocycles. The number of nitrogens with one attached hydrogen (secondary N) is 1. The maximum absolute atomic E-state index is 4.43. The summed E-state index contributed by atoms with van der Waals surface area (Å²) in [6.07, 6.45) is 4.92. The second-order valence-electron chi connectivity index (χ2n) is 3.83. The first kappa shape index (κ1) is 8.60. The van der Waals surface area contributed by atoms with E-state index in [9.17, 15) is 0 Å².